The number of hydrogen-bond donors (Lipinski definition) is 0. The minimum Gasteiger partial charge on any atom is -0.366 e. The molecule has 0 unspecified atom stereocenters. The van der Waals surface area contributed by atoms with Crippen LogP contribution in [0.2, 0.25) is 0 Å². The lowest BCUT2D eigenvalue weighted by Gasteiger charge is -2.36. The van der Waals surface area contributed by atoms with Crippen molar-refractivity contribution >= 4 is 50.2 Å². The summed E-state index contributed by atoms with van der Waals surface area (Å²) < 4.78 is 15.0. The van der Waals surface area contributed by atoms with Crippen molar-refractivity contribution in [2.24, 2.45) is 0 Å². The fourth-order valence-electron chi connectivity index (χ4n) is 4.00. The topological polar surface area (TPSA) is 65.5 Å². The van der Waals surface area contributed by atoms with Gasteiger partial charge in [0.2, 0.25) is 5.91 Å². The molecule has 1 aromatic carbocycles. The summed E-state index contributed by atoms with van der Waals surface area (Å²) in [6.45, 7) is 4.51. The quantitative estimate of drug-likeness (QED) is 0.429. The Morgan fingerprint density at radius 3 is 2.58 bits per heavy atom. The smallest absolute Gasteiger partial charge is 0.233 e. The van der Waals surface area contributed by atoms with E-state index in [9.17, 15) is 9.18 Å². The summed E-state index contributed by atoms with van der Waals surface area (Å²) in [7, 11) is 0. The van der Waals surface area contributed by atoms with E-state index in [1.807, 2.05) is 15.9 Å². The molecular weight excluding hydrogens is 435 g/mol. The Kier molecular flexibility index (Phi) is 5.91. The van der Waals surface area contributed by atoms with Crippen LogP contribution in [0.5, 0.6) is 0 Å². The van der Waals surface area contributed by atoms with E-state index in [1.165, 1.54) is 37.0 Å². The van der Waals surface area contributed by atoms with Crippen LogP contribution in [0.25, 0.3) is 10.3 Å². The Hall–Kier alpha value is -2.46. The molecule has 1 amide bonds. The normalized spacial score (nSPS) is 17.0. The van der Waals surface area contributed by atoms with Gasteiger partial charge in [-0.3, -0.25) is 4.79 Å². The molecule has 2 aliphatic rings. The molecule has 3 aromatic rings. The minimum absolute atomic E-state index is 0.0780. The van der Waals surface area contributed by atoms with Gasteiger partial charge in [0, 0.05) is 39.3 Å². The van der Waals surface area contributed by atoms with E-state index < -0.39 is 0 Å². The van der Waals surface area contributed by atoms with Crippen molar-refractivity contribution in [1.82, 2.24) is 19.9 Å². The molecule has 4 heterocycles. The first kappa shape index (κ1) is 20.4. The van der Waals surface area contributed by atoms with Gasteiger partial charge in [-0.1, -0.05) is 35.2 Å². The van der Waals surface area contributed by atoms with Crippen LogP contribution in [0.4, 0.5) is 15.2 Å². The summed E-state index contributed by atoms with van der Waals surface area (Å²) in [5.74, 6) is 0.181. The van der Waals surface area contributed by atoms with Crippen molar-refractivity contribution in [1.29, 1.82) is 0 Å². The maximum Gasteiger partial charge on any atom is 0.233 e. The second-order valence-electron chi connectivity index (χ2n) is 7.63. The van der Waals surface area contributed by atoms with Gasteiger partial charge in [-0.25, -0.2) is 14.4 Å². The number of amides is 1. The summed E-state index contributed by atoms with van der Waals surface area (Å²) in [6, 6.07) is 6.79. The Labute approximate surface area is 188 Å². The van der Waals surface area contributed by atoms with E-state index in [0.717, 1.165) is 27.9 Å². The summed E-state index contributed by atoms with van der Waals surface area (Å²) in [4.78, 5) is 32.3. The van der Waals surface area contributed by atoms with E-state index in [1.54, 1.807) is 23.5 Å². The summed E-state index contributed by atoms with van der Waals surface area (Å²) in [5, 5.41) is 1.80. The highest BCUT2D eigenvalue weighted by Gasteiger charge is 2.24. The van der Waals surface area contributed by atoms with Crippen LogP contribution in [0.1, 0.15) is 12.8 Å². The third-order valence-electron chi connectivity index (χ3n) is 5.68. The van der Waals surface area contributed by atoms with Gasteiger partial charge in [0.25, 0.3) is 0 Å². The van der Waals surface area contributed by atoms with Crippen LogP contribution in [0, 0.1) is 5.82 Å². The number of aromatic nitrogens is 3. The van der Waals surface area contributed by atoms with Gasteiger partial charge in [-0.15, -0.1) is 0 Å². The third-order valence-corrected chi connectivity index (χ3v) is 7.90. The van der Waals surface area contributed by atoms with Crippen LogP contribution in [0.3, 0.4) is 0 Å². The lowest BCUT2D eigenvalue weighted by Crippen LogP contribution is -2.49. The number of rotatable bonds is 5. The molecule has 10 heteroatoms. The fourth-order valence-corrected chi connectivity index (χ4v) is 6.04. The zero-order valence-electron chi connectivity index (χ0n) is 17.0. The van der Waals surface area contributed by atoms with Gasteiger partial charge in [-0.05, 0) is 25.0 Å². The molecule has 0 N–H and O–H groups in total. The van der Waals surface area contributed by atoms with E-state index in [4.69, 9.17) is 0 Å². The van der Waals surface area contributed by atoms with Gasteiger partial charge in [0.05, 0.1) is 11.4 Å². The highest BCUT2D eigenvalue weighted by Crippen LogP contribution is 2.35. The van der Waals surface area contributed by atoms with Crippen molar-refractivity contribution < 1.29 is 9.18 Å². The van der Waals surface area contributed by atoms with Gasteiger partial charge >= 0.3 is 0 Å². The Morgan fingerprint density at radius 2 is 1.81 bits per heavy atom. The van der Waals surface area contributed by atoms with Crippen LogP contribution in [-0.2, 0) is 4.79 Å². The number of thiazole rings is 1. The number of anilines is 2. The second-order valence-corrected chi connectivity index (χ2v) is 9.57. The monoisotopic (exact) mass is 458 g/mol. The lowest BCUT2D eigenvalue weighted by atomic mass is 10.2. The molecule has 0 atom stereocenters. The summed E-state index contributed by atoms with van der Waals surface area (Å²) in [6.07, 6.45) is 3.92. The highest BCUT2D eigenvalue weighted by molar-refractivity contribution is 8.00. The number of piperazine rings is 1. The van der Waals surface area contributed by atoms with Crippen LogP contribution in [-0.4, -0.2) is 70.8 Å². The molecule has 5 rings (SSSR count). The SMILES string of the molecule is O=C(CSc1ncnc2nc(N3CCCC3)sc12)N1CCN(c2ccccc2F)CC1. The van der Waals surface area contributed by atoms with Crippen molar-refractivity contribution in [2.45, 2.75) is 17.9 Å². The number of thioether (sulfide) groups is 1. The van der Waals surface area contributed by atoms with Gasteiger partial charge < -0.3 is 14.7 Å². The molecule has 0 radical (unpaired) electrons. The van der Waals surface area contributed by atoms with E-state index in [2.05, 4.69) is 19.9 Å². The van der Waals surface area contributed by atoms with Crippen molar-refractivity contribution in [3.05, 3.63) is 36.4 Å². The largest absolute Gasteiger partial charge is 0.366 e. The number of carbonyl (C=O) groups is 1. The standard InChI is InChI=1S/C21H23FN6OS2/c22-15-5-1-2-6-16(15)26-9-11-27(12-10-26)17(29)13-30-20-18-19(23-14-24-20)25-21(31-18)28-7-3-4-8-28/h1-2,5-6,14H,3-4,7-13H2. The molecule has 0 spiro atoms. The van der Waals surface area contributed by atoms with E-state index >= 15 is 0 Å². The van der Waals surface area contributed by atoms with Crippen molar-refractivity contribution in [2.75, 3.05) is 54.8 Å². The average molecular weight is 459 g/mol. The number of hydrogen-bond acceptors (Lipinski definition) is 8. The zero-order valence-corrected chi connectivity index (χ0v) is 18.7. The molecular formula is C21H23FN6OS2. The summed E-state index contributed by atoms with van der Waals surface area (Å²) >= 11 is 3.05. The lowest BCUT2D eigenvalue weighted by molar-refractivity contribution is -0.128. The third kappa shape index (κ3) is 4.31. The van der Waals surface area contributed by atoms with E-state index in [-0.39, 0.29) is 11.7 Å². The molecule has 162 valence electrons. The second kappa shape index (κ2) is 8.96. The predicted octanol–water partition coefficient (Wildman–Crippen LogP) is 3.27. The number of para-hydroxylation sites is 1. The van der Waals surface area contributed by atoms with Crippen molar-refractivity contribution in [3.63, 3.8) is 0 Å². The number of benzene rings is 1. The van der Waals surface area contributed by atoms with Crippen LogP contribution < -0.4 is 9.80 Å². The maximum absolute atomic E-state index is 14.0. The average Bonchev–Trinajstić information content (AvgIpc) is 3.48. The maximum atomic E-state index is 14.0. The fraction of sp³-hybridized carbons (Fsp3) is 0.429. The predicted molar refractivity (Wildman–Crippen MR) is 123 cm³/mol. The Balaban J connectivity index is 1.20. The minimum atomic E-state index is -0.219. The van der Waals surface area contributed by atoms with E-state index in [0.29, 0.717) is 43.3 Å². The Bertz CT molecular complexity index is 1080. The molecule has 7 nitrogen and oxygen atoms in total. The molecule has 31 heavy (non-hydrogen) atoms. The molecule has 0 saturated carbocycles. The molecule has 0 bridgehead atoms. The number of carbonyl (C=O) groups excluding carboxylic acids is 1. The first-order valence-corrected chi connectivity index (χ1v) is 12.3. The van der Waals surface area contributed by atoms with Crippen LogP contribution >= 0.6 is 23.1 Å². The number of nitrogens with zero attached hydrogens (tertiary/aromatic N) is 6. The molecule has 2 aliphatic heterocycles. The molecule has 0 aliphatic carbocycles. The molecule has 2 saturated heterocycles. The van der Waals surface area contributed by atoms with Gasteiger partial charge in [0.1, 0.15) is 21.9 Å². The number of fused-ring (bicyclic) bond motifs is 1. The summed E-state index contributed by atoms with van der Waals surface area (Å²) in [5.41, 5.74) is 1.31. The van der Waals surface area contributed by atoms with Crippen LogP contribution in [0.15, 0.2) is 35.6 Å². The highest BCUT2D eigenvalue weighted by atomic mass is 32.2. The molecule has 2 fully saturated rings. The first-order valence-electron chi connectivity index (χ1n) is 10.5. The van der Waals surface area contributed by atoms with Gasteiger partial charge in [-0.2, -0.15) is 4.98 Å². The number of halogens is 1. The zero-order chi connectivity index (χ0) is 21.2. The Morgan fingerprint density at radius 1 is 1.03 bits per heavy atom. The van der Waals surface area contributed by atoms with Gasteiger partial charge in [0.15, 0.2) is 10.8 Å². The van der Waals surface area contributed by atoms with Crippen molar-refractivity contribution in [3.8, 4) is 0 Å². The first-order chi connectivity index (χ1) is 15.2. The molecule has 2 aromatic heterocycles.